The summed E-state index contributed by atoms with van der Waals surface area (Å²) in [5.41, 5.74) is 6.87. The van der Waals surface area contributed by atoms with Gasteiger partial charge >= 0.3 is 0 Å². The van der Waals surface area contributed by atoms with Crippen molar-refractivity contribution in [2.75, 3.05) is 18.2 Å². The van der Waals surface area contributed by atoms with Crippen molar-refractivity contribution in [3.8, 4) is 0 Å². The van der Waals surface area contributed by atoms with Crippen LogP contribution in [0.5, 0.6) is 0 Å². The van der Waals surface area contributed by atoms with Crippen molar-refractivity contribution in [1.29, 1.82) is 0 Å². The van der Waals surface area contributed by atoms with Crippen LogP contribution in [-0.4, -0.2) is 43.2 Å². The number of nitrogen functional groups attached to an aromatic ring is 1. The number of aliphatic hydroxyl groups is 1. The molecule has 1 aliphatic heterocycles. The number of aromatic nitrogens is 4. The molecule has 0 saturated carbocycles. The van der Waals surface area contributed by atoms with Crippen LogP contribution in [0.4, 0.5) is 5.82 Å². The molecular formula is C10H12ClN5O2. The molecule has 3 heterocycles. The summed E-state index contributed by atoms with van der Waals surface area (Å²) in [6, 6.07) is 0. The molecule has 2 aromatic rings. The first-order valence-electron chi connectivity index (χ1n) is 5.51. The maximum atomic E-state index is 9.11. The highest BCUT2D eigenvalue weighted by atomic mass is 35.5. The molecule has 0 radical (unpaired) electrons. The molecule has 1 aliphatic rings. The first-order valence-corrected chi connectivity index (χ1v) is 6.05. The van der Waals surface area contributed by atoms with E-state index in [1.807, 2.05) is 0 Å². The lowest BCUT2D eigenvalue weighted by Gasteiger charge is -2.43. The number of hydrogen-bond donors (Lipinski definition) is 2. The van der Waals surface area contributed by atoms with E-state index in [0.29, 0.717) is 22.9 Å². The number of ether oxygens (including phenoxy) is 1. The number of nitrogens with zero attached hydrogens (tertiary/aromatic N) is 4. The van der Waals surface area contributed by atoms with E-state index >= 15 is 0 Å². The van der Waals surface area contributed by atoms with E-state index in [9.17, 15) is 0 Å². The molecule has 3 N–H and O–H groups in total. The molecule has 18 heavy (non-hydrogen) atoms. The van der Waals surface area contributed by atoms with Gasteiger partial charge in [0.15, 0.2) is 11.5 Å². The molecule has 0 aliphatic carbocycles. The number of anilines is 1. The molecule has 0 aromatic carbocycles. The smallest absolute Gasteiger partial charge is 0.167 e. The molecule has 0 unspecified atom stereocenters. The maximum Gasteiger partial charge on any atom is 0.167 e. The maximum absolute atomic E-state index is 9.11. The lowest BCUT2D eigenvalue weighted by molar-refractivity contribution is -0.225. The number of alkyl halides is 1. The van der Waals surface area contributed by atoms with Crippen LogP contribution in [0.2, 0.25) is 0 Å². The number of aliphatic hydroxyl groups excluding tert-OH is 1. The van der Waals surface area contributed by atoms with Gasteiger partial charge in [0.1, 0.15) is 18.1 Å². The van der Waals surface area contributed by atoms with E-state index in [-0.39, 0.29) is 24.9 Å². The molecule has 0 amide bonds. The summed E-state index contributed by atoms with van der Waals surface area (Å²) >= 11 is 5.89. The zero-order valence-corrected chi connectivity index (χ0v) is 10.2. The Hall–Kier alpha value is -1.44. The van der Waals surface area contributed by atoms with Crippen LogP contribution in [0, 0.1) is 5.92 Å². The molecule has 1 fully saturated rings. The van der Waals surface area contributed by atoms with Crippen molar-refractivity contribution in [2.24, 2.45) is 5.92 Å². The SMILES string of the molecule is Nc1ncnc2c1ncn2[C@@H]1O[C@H](CO)[C@H]1CCl. The summed E-state index contributed by atoms with van der Waals surface area (Å²) in [4.78, 5) is 12.2. The zero-order valence-electron chi connectivity index (χ0n) is 9.40. The fourth-order valence-electron chi connectivity index (χ4n) is 2.16. The minimum atomic E-state index is -0.265. The first-order chi connectivity index (χ1) is 8.76. The van der Waals surface area contributed by atoms with E-state index in [0.717, 1.165) is 0 Å². The first kappa shape index (κ1) is 11.6. The van der Waals surface area contributed by atoms with Crippen LogP contribution < -0.4 is 5.73 Å². The van der Waals surface area contributed by atoms with Gasteiger partial charge in [-0.3, -0.25) is 4.57 Å². The van der Waals surface area contributed by atoms with Gasteiger partial charge in [0.2, 0.25) is 0 Å². The summed E-state index contributed by atoms with van der Waals surface area (Å²) in [7, 11) is 0. The van der Waals surface area contributed by atoms with Crippen molar-refractivity contribution in [1.82, 2.24) is 19.5 Å². The highest BCUT2D eigenvalue weighted by Gasteiger charge is 2.43. The Morgan fingerprint density at radius 1 is 1.44 bits per heavy atom. The average Bonchev–Trinajstić information content (AvgIpc) is 2.75. The van der Waals surface area contributed by atoms with Gasteiger partial charge in [0.25, 0.3) is 0 Å². The van der Waals surface area contributed by atoms with E-state index in [1.54, 1.807) is 10.9 Å². The predicted octanol–water partition coefficient (Wildman–Crippen LogP) is 0.153. The van der Waals surface area contributed by atoms with Gasteiger partial charge in [-0.25, -0.2) is 15.0 Å². The van der Waals surface area contributed by atoms with E-state index in [4.69, 9.17) is 27.2 Å². The zero-order chi connectivity index (χ0) is 12.7. The summed E-state index contributed by atoms with van der Waals surface area (Å²) < 4.78 is 7.34. The predicted molar refractivity (Wildman–Crippen MR) is 64.9 cm³/mol. The van der Waals surface area contributed by atoms with Crippen LogP contribution in [0.1, 0.15) is 6.23 Å². The Labute approximate surface area is 108 Å². The fourth-order valence-corrected chi connectivity index (χ4v) is 2.51. The number of imidazole rings is 1. The molecule has 96 valence electrons. The van der Waals surface area contributed by atoms with Gasteiger partial charge in [-0.05, 0) is 0 Å². The molecule has 0 spiro atoms. The number of hydrogen-bond acceptors (Lipinski definition) is 6. The number of rotatable bonds is 3. The Bertz CT molecular complexity index is 574. The largest absolute Gasteiger partial charge is 0.394 e. The fraction of sp³-hybridized carbons (Fsp3) is 0.500. The second kappa shape index (κ2) is 4.34. The third-order valence-electron chi connectivity index (χ3n) is 3.18. The average molecular weight is 270 g/mol. The number of halogens is 1. The van der Waals surface area contributed by atoms with Gasteiger partial charge < -0.3 is 15.6 Å². The van der Waals surface area contributed by atoms with Crippen LogP contribution in [-0.2, 0) is 4.74 Å². The number of nitrogens with two attached hydrogens (primary N) is 1. The van der Waals surface area contributed by atoms with Crippen molar-refractivity contribution < 1.29 is 9.84 Å². The Balaban J connectivity index is 1.99. The second-order valence-electron chi connectivity index (χ2n) is 4.15. The lowest BCUT2D eigenvalue weighted by Crippen LogP contribution is -2.48. The molecule has 3 atom stereocenters. The lowest BCUT2D eigenvalue weighted by atomic mass is 9.96. The van der Waals surface area contributed by atoms with Gasteiger partial charge in [-0.15, -0.1) is 11.6 Å². The van der Waals surface area contributed by atoms with Gasteiger partial charge in [0, 0.05) is 11.8 Å². The van der Waals surface area contributed by atoms with Crippen molar-refractivity contribution in [3.63, 3.8) is 0 Å². The van der Waals surface area contributed by atoms with Crippen molar-refractivity contribution in [2.45, 2.75) is 12.3 Å². The summed E-state index contributed by atoms with van der Waals surface area (Å²) in [5, 5.41) is 9.11. The Kier molecular flexibility index (Phi) is 2.81. The normalized spacial score (nSPS) is 27.3. The Morgan fingerprint density at radius 2 is 2.28 bits per heavy atom. The third kappa shape index (κ3) is 1.55. The molecule has 3 rings (SSSR count). The van der Waals surface area contributed by atoms with E-state index in [2.05, 4.69) is 15.0 Å². The summed E-state index contributed by atoms with van der Waals surface area (Å²) in [5.74, 6) is 0.764. The van der Waals surface area contributed by atoms with Crippen LogP contribution in [0.25, 0.3) is 11.2 Å². The van der Waals surface area contributed by atoms with E-state index < -0.39 is 0 Å². The van der Waals surface area contributed by atoms with Crippen molar-refractivity contribution in [3.05, 3.63) is 12.7 Å². The summed E-state index contributed by atoms with van der Waals surface area (Å²) in [6.07, 6.45) is 2.49. The molecule has 8 heteroatoms. The second-order valence-corrected chi connectivity index (χ2v) is 4.46. The monoisotopic (exact) mass is 269 g/mol. The van der Waals surface area contributed by atoms with Gasteiger partial charge in [-0.2, -0.15) is 0 Å². The molecular weight excluding hydrogens is 258 g/mol. The topological polar surface area (TPSA) is 99.1 Å². The summed E-state index contributed by atoms with van der Waals surface area (Å²) in [6.45, 7) is -0.0440. The van der Waals surface area contributed by atoms with Crippen LogP contribution >= 0.6 is 11.6 Å². The third-order valence-corrected chi connectivity index (χ3v) is 3.53. The van der Waals surface area contributed by atoms with Crippen molar-refractivity contribution >= 4 is 28.6 Å². The molecule has 0 bridgehead atoms. The molecule has 2 aromatic heterocycles. The standard InChI is InChI=1S/C10H12ClN5O2/c11-1-5-6(2-17)18-10(5)16-4-15-7-8(12)13-3-14-9(7)16/h3-6,10,17H,1-2H2,(H2,12,13,14)/t5-,6-,10-/m1/s1. The van der Waals surface area contributed by atoms with E-state index in [1.165, 1.54) is 6.33 Å². The highest BCUT2D eigenvalue weighted by Crippen LogP contribution is 2.39. The van der Waals surface area contributed by atoms with Crippen LogP contribution in [0.15, 0.2) is 12.7 Å². The Morgan fingerprint density at radius 3 is 3.00 bits per heavy atom. The quantitative estimate of drug-likeness (QED) is 0.770. The number of fused-ring (bicyclic) bond motifs is 1. The highest BCUT2D eigenvalue weighted by molar-refractivity contribution is 6.18. The minimum absolute atomic E-state index is 0.0326. The van der Waals surface area contributed by atoms with Gasteiger partial charge in [-0.1, -0.05) is 0 Å². The van der Waals surface area contributed by atoms with Gasteiger partial charge in [0.05, 0.1) is 19.0 Å². The minimum Gasteiger partial charge on any atom is -0.394 e. The van der Waals surface area contributed by atoms with Crippen LogP contribution in [0.3, 0.4) is 0 Å². The molecule has 1 saturated heterocycles. The molecule has 7 nitrogen and oxygen atoms in total.